The number of nitrogens with one attached hydrogen (secondary N) is 1. The Morgan fingerprint density at radius 3 is 2.28 bits per heavy atom. The van der Waals surface area contributed by atoms with Gasteiger partial charge in [0.15, 0.2) is 4.99 Å². The molecule has 1 aromatic rings. The van der Waals surface area contributed by atoms with E-state index in [1.54, 1.807) is 24.3 Å². The van der Waals surface area contributed by atoms with Crippen molar-refractivity contribution in [2.45, 2.75) is 10.0 Å². The molecular weight excluding hydrogens is 338 g/mol. The Hall–Kier alpha value is -0.260. The average Bonchev–Trinajstić information content (AvgIpc) is 2.57. The zero-order valence-corrected chi connectivity index (χ0v) is 12.5. The quantitative estimate of drug-likeness (QED) is 0.613. The molecule has 0 amide bonds. The first-order valence-corrected chi connectivity index (χ1v) is 6.64. The van der Waals surface area contributed by atoms with E-state index in [1.807, 2.05) is 0 Å². The molecule has 1 heterocycles. The summed E-state index contributed by atoms with van der Waals surface area (Å²) in [5.74, 6) is -0.198. The van der Waals surface area contributed by atoms with Gasteiger partial charge in [-0.05, 0) is 24.3 Å². The molecule has 1 unspecified atom stereocenters. The van der Waals surface area contributed by atoms with Gasteiger partial charge in [-0.3, -0.25) is 10.3 Å². The van der Waals surface area contributed by atoms with Crippen LogP contribution in [0.1, 0.15) is 0 Å². The third-order valence-electron chi connectivity index (χ3n) is 2.26. The van der Waals surface area contributed by atoms with E-state index in [-0.39, 0.29) is 10.9 Å². The second-order valence-electron chi connectivity index (χ2n) is 3.49. The Kier molecular flexibility index (Phi) is 3.95. The Balaban J connectivity index is 2.42. The monoisotopic (exact) mass is 342 g/mol. The van der Waals surface area contributed by atoms with Gasteiger partial charge < -0.3 is 4.74 Å². The van der Waals surface area contributed by atoms with Crippen LogP contribution < -0.4 is 4.90 Å². The lowest BCUT2D eigenvalue weighted by Crippen LogP contribution is -2.41. The average molecular weight is 344 g/mol. The van der Waals surface area contributed by atoms with Crippen molar-refractivity contribution in [3.05, 3.63) is 29.3 Å². The van der Waals surface area contributed by atoms with E-state index in [0.717, 1.165) is 0 Å². The number of anilines is 1. The van der Waals surface area contributed by atoms with Crippen molar-refractivity contribution in [3.8, 4) is 0 Å². The molecule has 1 saturated heterocycles. The van der Waals surface area contributed by atoms with Crippen LogP contribution in [0.3, 0.4) is 0 Å². The molecule has 0 bridgehead atoms. The van der Waals surface area contributed by atoms with Gasteiger partial charge in [-0.2, -0.15) is 0 Å². The lowest BCUT2D eigenvalue weighted by Gasteiger charge is -2.28. The zero-order chi connectivity index (χ0) is 13.5. The van der Waals surface area contributed by atoms with E-state index in [2.05, 4.69) is 0 Å². The zero-order valence-electron chi connectivity index (χ0n) is 8.66. The molecule has 1 aromatic carbocycles. The predicted molar refractivity (Wildman–Crippen MR) is 79.4 cm³/mol. The fraction of sp³-hybridized carbons (Fsp3) is 0.200. The molecule has 0 aromatic heterocycles. The standard InChI is InChI=1S/C10H6Cl4N2OS/c11-5-1-3-6(4-2-5)16-8(18)7(15)17-9(16)10(12,13)14/h1-4,9,15H. The van der Waals surface area contributed by atoms with Crippen LogP contribution >= 0.6 is 58.6 Å². The van der Waals surface area contributed by atoms with Gasteiger partial charge >= 0.3 is 0 Å². The van der Waals surface area contributed by atoms with E-state index >= 15 is 0 Å². The number of thiocarbonyl (C=S) groups is 1. The summed E-state index contributed by atoms with van der Waals surface area (Å²) in [4.78, 5) is 1.63. The minimum absolute atomic E-state index is 0.161. The Labute approximate surface area is 129 Å². The van der Waals surface area contributed by atoms with Gasteiger partial charge in [0.1, 0.15) is 0 Å². The Morgan fingerprint density at radius 1 is 1.22 bits per heavy atom. The number of hydrogen-bond donors (Lipinski definition) is 1. The first kappa shape index (κ1) is 14.2. The SMILES string of the molecule is N=C1OC(C(Cl)(Cl)Cl)N(c2ccc(Cl)cc2)C1=S. The highest BCUT2D eigenvalue weighted by atomic mass is 35.6. The van der Waals surface area contributed by atoms with Crippen LogP contribution in [0.5, 0.6) is 0 Å². The summed E-state index contributed by atoms with van der Waals surface area (Å²) in [7, 11) is 0. The molecule has 0 aliphatic carbocycles. The topological polar surface area (TPSA) is 36.3 Å². The number of alkyl halides is 3. The van der Waals surface area contributed by atoms with Crippen molar-refractivity contribution in [2.75, 3.05) is 4.90 Å². The molecule has 0 saturated carbocycles. The second-order valence-corrected chi connectivity index (χ2v) is 6.68. The van der Waals surface area contributed by atoms with E-state index in [1.165, 1.54) is 4.90 Å². The van der Waals surface area contributed by atoms with Gasteiger partial charge in [-0.1, -0.05) is 58.6 Å². The molecule has 1 aliphatic rings. The maximum atomic E-state index is 7.58. The summed E-state index contributed by atoms with van der Waals surface area (Å²) in [5, 5.41) is 8.15. The molecule has 2 rings (SSSR count). The van der Waals surface area contributed by atoms with E-state index in [9.17, 15) is 0 Å². The number of hydrogen-bond acceptors (Lipinski definition) is 3. The number of nitrogens with zero attached hydrogens (tertiary/aromatic N) is 1. The maximum Gasteiger partial charge on any atom is 0.246 e. The lowest BCUT2D eigenvalue weighted by atomic mass is 10.3. The summed E-state index contributed by atoms with van der Waals surface area (Å²) in [6.07, 6.45) is -0.969. The number of ether oxygens (including phenoxy) is 1. The lowest BCUT2D eigenvalue weighted by molar-refractivity contribution is 0.223. The van der Waals surface area contributed by atoms with E-state index in [0.29, 0.717) is 10.7 Å². The van der Waals surface area contributed by atoms with E-state index < -0.39 is 10.0 Å². The van der Waals surface area contributed by atoms with Crippen LogP contribution in [0, 0.1) is 5.41 Å². The fourth-order valence-electron chi connectivity index (χ4n) is 1.50. The van der Waals surface area contributed by atoms with Crippen LogP contribution in [0.2, 0.25) is 5.02 Å². The third kappa shape index (κ3) is 2.68. The highest BCUT2D eigenvalue weighted by Gasteiger charge is 2.47. The number of halogens is 4. The highest BCUT2D eigenvalue weighted by molar-refractivity contribution is 7.82. The largest absolute Gasteiger partial charge is 0.447 e. The van der Waals surface area contributed by atoms with Gasteiger partial charge in [-0.25, -0.2) is 0 Å². The second kappa shape index (κ2) is 5.02. The van der Waals surface area contributed by atoms with Crippen LogP contribution in [-0.4, -0.2) is 20.9 Å². The summed E-state index contributed by atoms with van der Waals surface area (Å²) in [6.45, 7) is 0. The molecule has 1 N–H and O–H groups in total. The van der Waals surface area contributed by atoms with Crippen molar-refractivity contribution in [2.24, 2.45) is 0 Å². The van der Waals surface area contributed by atoms with E-state index in [4.69, 9.17) is 68.8 Å². The van der Waals surface area contributed by atoms with Crippen molar-refractivity contribution >= 4 is 75.2 Å². The molecule has 0 spiro atoms. The predicted octanol–water partition coefficient (Wildman–Crippen LogP) is 4.18. The molecule has 96 valence electrons. The van der Waals surface area contributed by atoms with Gasteiger partial charge in [0.2, 0.25) is 15.9 Å². The summed E-state index contributed by atoms with van der Waals surface area (Å²) in [5.41, 5.74) is 0.642. The van der Waals surface area contributed by atoms with Gasteiger partial charge in [0, 0.05) is 10.7 Å². The first-order chi connectivity index (χ1) is 8.30. The molecule has 1 aliphatic heterocycles. The van der Waals surface area contributed by atoms with Crippen LogP contribution in [-0.2, 0) is 4.74 Å². The molecule has 0 radical (unpaired) electrons. The Bertz CT molecular complexity index is 500. The molecule has 18 heavy (non-hydrogen) atoms. The van der Waals surface area contributed by atoms with Crippen LogP contribution in [0.15, 0.2) is 24.3 Å². The third-order valence-corrected chi connectivity index (χ3v) is 3.46. The molecule has 1 atom stereocenters. The molecule has 8 heteroatoms. The minimum atomic E-state index is -1.73. The summed E-state index contributed by atoms with van der Waals surface area (Å²) >= 11 is 28.4. The van der Waals surface area contributed by atoms with Gasteiger partial charge in [0.25, 0.3) is 0 Å². The smallest absolute Gasteiger partial charge is 0.246 e. The van der Waals surface area contributed by atoms with Crippen molar-refractivity contribution in [1.82, 2.24) is 0 Å². The fourth-order valence-corrected chi connectivity index (χ4v) is 2.30. The highest BCUT2D eigenvalue weighted by Crippen LogP contribution is 2.39. The van der Waals surface area contributed by atoms with Crippen molar-refractivity contribution < 1.29 is 4.74 Å². The summed E-state index contributed by atoms with van der Waals surface area (Å²) in [6, 6.07) is 6.77. The molecule has 1 fully saturated rings. The first-order valence-electron chi connectivity index (χ1n) is 4.72. The summed E-state index contributed by atoms with van der Waals surface area (Å²) < 4.78 is 3.44. The minimum Gasteiger partial charge on any atom is -0.447 e. The van der Waals surface area contributed by atoms with Crippen molar-refractivity contribution in [1.29, 1.82) is 5.41 Å². The van der Waals surface area contributed by atoms with Gasteiger partial charge in [-0.15, -0.1) is 0 Å². The number of rotatable bonds is 1. The van der Waals surface area contributed by atoms with Crippen LogP contribution in [0.25, 0.3) is 0 Å². The molecule has 3 nitrogen and oxygen atoms in total. The van der Waals surface area contributed by atoms with Crippen molar-refractivity contribution in [3.63, 3.8) is 0 Å². The number of benzene rings is 1. The Morgan fingerprint density at radius 2 is 1.78 bits per heavy atom. The van der Waals surface area contributed by atoms with Gasteiger partial charge in [0.05, 0.1) is 0 Å². The molecular formula is C10H6Cl4N2OS. The van der Waals surface area contributed by atoms with Crippen LogP contribution in [0.4, 0.5) is 5.69 Å². The normalized spacial score (nSPS) is 20.2. The maximum absolute atomic E-state index is 7.58.